The van der Waals surface area contributed by atoms with Crippen molar-refractivity contribution in [1.82, 2.24) is 4.90 Å². The number of carbonyl (C=O) groups is 2. The zero-order valence-electron chi connectivity index (χ0n) is 6.32. The van der Waals surface area contributed by atoms with Crippen LogP contribution in [0.5, 0.6) is 0 Å². The summed E-state index contributed by atoms with van der Waals surface area (Å²) in [4.78, 5) is 22.6. The van der Waals surface area contributed by atoms with Crippen LogP contribution in [0.4, 0.5) is 0 Å². The molecular weight excluding hydrogens is 142 g/mol. The molecule has 0 aromatic rings. The third-order valence-corrected chi connectivity index (χ3v) is 2.84. The van der Waals surface area contributed by atoms with Crippen LogP contribution in [0.2, 0.25) is 0 Å². The van der Waals surface area contributed by atoms with Gasteiger partial charge in [-0.15, -0.1) is 0 Å². The highest BCUT2D eigenvalue weighted by Crippen LogP contribution is 2.53. The molecule has 1 amide bonds. The zero-order chi connectivity index (χ0) is 7.90. The van der Waals surface area contributed by atoms with Crippen LogP contribution in [0.15, 0.2) is 0 Å². The van der Waals surface area contributed by atoms with Gasteiger partial charge >= 0.3 is 0 Å². The predicted octanol–water partition coefficient (Wildman–Crippen LogP) is 0.196. The van der Waals surface area contributed by atoms with Gasteiger partial charge in [-0.05, 0) is 24.7 Å². The van der Waals surface area contributed by atoms with Crippen molar-refractivity contribution in [3.63, 3.8) is 0 Å². The maximum absolute atomic E-state index is 10.5. The Kier molecular flexibility index (Phi) is 1.28. The maximum Gasteiger partial charge on any atom is 0.210 e. The third kappa shape index (κ3) is 0.951. The first kappa shape index (κ1) is 6.83. The van der Waals surface area contributed by atoms with Crippen molar-refractivity contribution in [2.75, 3.05) is 6.54 Å². The van der Waals surface area contributed by atoms with Crippen LogP contribution in [-0.2, 0) is 9.59 Å². The van der Waals surface area contributed by atoms with Crippen molar-refractivity contribution in [3.05, 3.63) is 0 Å². The second kappa shape index (κ2) is 2.06. The molecule has 3 heteroatoms. The lowest BCUT2D eigenvalue weighted by Crippen LogP contribution is -2.28. The first-order chi connectivity index (χ1) is 5.29. The minimum absolute atomic E-state index is 0.130. The van der Waals surface area contributed by atoms with Gasteiger partial charge in [-0.25, -0.2) is 0 Å². The maximum atomic E-state index is 10.5. The number of aldehydes is 1. The van der Waals surface area contributed by atoms with E-state index >= 15 is 0 Å². The van der Waals surface area contributed by atoms with Crippen LogP contribution >= 0.6 is 0 Å². The molecular formula is C8H11NO2. The molecule has 2 fully saturated rings. The van der Waals surface area contributed by atoms with Gasteiger partial charge in [-0.2, -0.15) is 0 Å². The average Bonchev–Trinajstić information content (AvgIpc) is 2.64. The van der Waals surface area contributed by atoms with Gasteiger partial charge in [0, 0.05) is 6.54 Å². The first-order valence-electron chi connectivity index (χ1n) is 3.96. The van der Waals surface area contributed by atoms with Gasteiger partial charge < -0.3 is 9.69 Å². The molecule has 0 radical (unpaired) electrons. The van der Waals surface area contributed by atoms with Gasteiger partial charge in [-0.1, -0.05) is 0 Å². The Morgan fingerprint density at radius 2 is 2.09 bits per heavy atom. The van der Waals surface area contributed by atoms with Crippen LogP contribution in [0, 0.1) is 5.41 Å². The number of likely N-dealkylation sites (tertiary alicyclic amines) is 1. The van der Waals surface area contributed by atoms with E-state index in [-0.39, 0.29) is 6.04 Å². The SMILES string of the molecule is O=C[C@@H]1CC2(CC2)CN1C=O. The normalized spacial score (nSPS) is 32.4. The van der Waals surface area contributed by atoms with Crippen LogP contribution < -0.4 is 0 Å². The summed E-state index contributed by atoms with van der Waals surface area (Å²) in [5.74, 6) is 0. The van der Waals surface area contributed by atoms with Crippen LogP contribution in [0.25, 0.3) is 0 Å². The number of nitrogens with zero attached hydrogens (tertiary/aromatic N) is 1. The fraction of sp³-hybridized carbons (Fsp3) is 0.750. The average molecular weight is 153 g/mol. The summed E-state index contributed by atoms with van der Waals surface area (Å²) in [6, 6.07) is -0.130. The molecule has 0 bridgehead atoms. The fourth-order valence-corrected chi connectivity index (χ4v) is 1.91. The molecule has 2 rings (SSSR count). The van der Waals surface area contributed by atoms with E-state index in [4.69, 9.17) is 0 Å². The Hall–Kier alpha value is -0.860. The van der Waals surface area contributed by atoms with Crippen molar-refractivity contribution in [1.29, 1.82) is 0 Å². The van der Waals surface area contributed by atoms with E-state index in [2.05, 4.69) is 0 Å². The van der Waals surface area contributed by atoms with Gasteiger partial charge in [0.05, 0.1) is 6.04 Å². The zero-order valence-corrected chi connectivity index (χ0v) is 6.32. The molecule has 0 unspecified atom stereocenters. The minimum Gasteiger partial charge on any atom is -0.335 e. The molecule has 2 aliphatic rings. The first-order valence-corrected chi connectivity index (χ1v) is 3.96. The van der Waals surface area contributed by atoms with Gasteiger partial charge in [0.15, 0.2) is 0 Å². The summed E-state index contributed by atoms with van der Waals surface area (Å²) in [5, 5.41) is 0. The fourth-order valence-electron chi connectivity index (χ4n) is 1.91. The molecule has 1 aliphatic carbocycles. The van der Waals surface area contributed by atoms with Crippen molar-refractivity contribution in [2.45, 2.75) is 25.3 Å². The summed E-state index contributed by atoms with van der Waals surface area (Å²) in [6.07, 6.45) is 4.98. The van der Waals surface area contributed by atoms with E-state index in [9.17, 15) is 9.59 Å². The molecule has 1 saturated heterocycles. The standard InChI is InChI=1S/C8H11NO2/c10-4-7-3-8(1-2-8)5-9(7)6-11/h4,6-7H,1-3,5H2/t7-/m0/s1. The molecule has 1 saturated carbocycles. The molecule has 1 heterocycles. The summed E-state index contributed by atoms with van der Waals surface area (Å²) >= 11 is 0. The van der Waals surface area contributed by atoms with Crippen molar-refractivity contribution in [3.8, 4) is 0 Å². The Morgan fingerprint density at radius 3 is 2.45 bits per heavy atom. The highest BCUT2D eigenvalue weighted by Gasteiger charge is 2.51. The summed E-state index contributed by atoms with van der Waals surface area (Å²) < 4.78 is 0. The second-order valence-electron chi connectivity index (χ2n) is 3.69. The lowest BCUT2D eigenvalue weighted by atomic mass is 10.0. The van der Waals surface area contributed by atoms with Crippen molar-refractivity contribution < 1.29 is 9.59 Å². The van der Waals surface area contributed by atoms with Crippen LogP contribution in [0.1, 0.15) is 19.3 Å². The third-order valence-electron chi connectivity index (χ3n) is 2.84. The number of carbonyl (C=O) groups excluding carboxylic acids is 2. The number of hydrogen-bond donors (Lipinski definition) is 0. The van der Waals surface area contributed by atoms with Crippen LogP contribution in [0.3, 0.4) is 0 Å². The highest BCUT2D eigenvalue weighted by molar-refractivity contribution is 5.65. The Bertz CT molecular complexity index is 180. The lowest BCUT2D eigenvalue weighted by molar-refractivity contribution is -0.123. The largest absolute Gasteiger partial charge is 0.335 e. The molecule has 0 aromatic heterocycles. The Morgan fingerprint density at radius 1 is 1.36 bits per heavy atom. The van der Waals surface area contributed by atoms with Gasteiger partial charge in [0.2, 0.25) is 6.41 Å². The Balaban J connectivity index is 2.10. The highest BCUT2D eigenvalue weighted by atomic mass is 16.1. The smallest absolute Gasteiger partial charge is 0.210 e. The quantitative estimate of drug-likeness (QED) is 0.531. The van der Waals surface area contributed by atoms with Gasteiger partial charge in [0.1, 0.15) is 6.29 Å². The Labute approximate surface area is 65.4 Å². The van der Waals surface area contributed by atoms with E-state index in [1.807, 2.05) is 0 Å². The molecule has 3 nitrogen and oxygen atoms in total. The second-order valence-corrected chi connectivity index (χ2v) is 3.69. The van der Waals surface area contributed by atoms with E-state index in [1.54, 1.807) is 4.90 Å². The summed E-state index contributed by atoms with van der Waals surface area (Å²) in [5.41, 5.74) is 0.354. The molecule has 1 aliphatic heterocycles. The molecule has 1 atom stereocenters. The van der Waals surface area contributed by atoms with Gasteiger partial charge in [0.25, 0.3) is 0 Å². The molecule has 11 heavy (non-hydrogen) atoms. The molecule has 0 N–H and O–H groups in total. The van der Waals surface area contributed by atoms with E-state index in [0.29, 0.717) is 5.41 Å². The van der Waals surface area contributed by atoms with Crippen molar-refractivity contribution in [2.24, 2.45) is 5.41 Å². The number of hydrogen-bond acceptors (Lipinski definition) is 2. The minimum atomic E-state index is -0.130. The molecule has 0 aromatic carbocycles. The number of amides is 1. The lowest BCUT2D eigenvalue weighted by Gasteiger charge is -2.12. The van der Waals surface area contributed by atoms with E-state index < -0.39 is 0 Å². The van der Waals surface area contributed by atoms with Crippen LogP contribution in [-0.4, -0.2) is 30.2 Å². The summed E-state index contributed by atoms with van der Waals surface area (Å²) in [6.45, 7) is 0.805. The predicted molar refractivity (Wildman–Crippen MR) is 38.9 cm³/mol. The molecule has 60 valence electrons. The number of rotatable bonds is 2. The topological polar surface area (TPSA) is 37.4 Å². The summed E-state index contributed by atoms with van der Waals surface area (Å²) in [7, 11) is 0. The van der Waals surface area contributed by atoms with E-state index in [0.717, 1.165) is 25.7 Å². The monoisotopic (exact) mass is 153 g/mol. The van der Waals surface area contributed by atoms with Crippen molar-refractivity contribution >= 4 is 12.7 Å². The van der Waals surface area contributed by atoms with Gasteiger partial charge in [-0.3, -0.25) is 4.79 Å². The molecule has 1 spiro atoms. The van der Waals surface area contributed by atoms with E-state index in [1.165, 1.54) is 12.8 Å².